The molecule has 1 aliphatic carbocycles. The normalized spacial score (nSPS) is 14.2. The number of carbonyl (C=O) groups is 2. The van der Waals surface area contributed by atoms with Crippen LogP contribution in [0, 0.1) is 19.7 Å². The Morgan fingerprint density at radius 3 is 2.56 bits per heavy atom. The van der Waals surface area contributed by atoms with Crippen LogP contribution in [0.1, 0.15) is 56.2 Å². The van der Waals surface area contributed by atoms with Crippen LogP contribution in [-0.2, 0) is 6.42 Å². The van der Waals surface area contributed by atoms with Gasteiger partial charge in [-0.25, -0.2) is 9.82 Å². The van der Waals surface area contributed by atoms with Crippen LogP contribution in [0.25, 0.3) is 0 Å². The monoisotopic (exact) mass is 453 g/mol. The molecule has 3 aromatic rings. The van der Waals surface area contributed by atoms with Crippen molar-refractivity contribution in [3.63, 3.8) is 0 Å². The number of fused-ring (bicyclic) bond motifs is 1. The topological polar surface area (TPSA) is 83.7 Å². The van der Waals surface area contributed by atoms with Gasteiger partial charge >= 0.3 is 0 Å². The Morgan fingerprint density at radius 1 is 1.06 bits per heavy atom. The van der Waals surface area contributed by atoms with Crippen LogP contribution < -0.4 is 10.7 Å². The molecular weight excluding hydrogens is 433 g/mol. The van der Waals surface area contributed by atoms with Gasteiger partial charge in [0, 0.05) is 33.8 Å². The molecular formula is C24H21ClFN3O3. The smallest absolute Gasteiger partial charge is 0.291 e. The van der Waals surface area contributed by atoms with E-state index in [4.69, 9.17) is 16.0 Å². The van der Waals surface area contributed by atoms with Gasteiger partial charge in [0.25, 0.3) is 11.8 Å². The largest absolute Gasteiger partial charge is 0.455 e. The summed E-state index contributed by atoms with van der Waals surface area (Å²) in [5.74, 6) is -0.375. The lowest BCUT2D eigenvalue weighted by atomic mass is 9.93. The van der Waals surface area contributed by atoms with E-state index in [1.807, 2.05) is 13.0 Å². The van der Waals surface area contributed by atoms with Crippen molar-refractivity contribution in [1.82, 2.24) is 5.43 Å². The number of hydrazone groups is 1. The lowest BCUT2D eigenvalue weighted by molar-refractivity contribution is 0.0953. The molecule has 0 fully saturated rings. The third-order valence-electron chi connectivity index (χ3n) is 5.38. The zero-order valence-corrected chi connectivity index (χ0v) is 18.3. The van der Waals surface area contributed by atoms with Gasteiger partial charge in [0.2, 0.25) is 0 Å². The van der Waals surface area contributed by atoms with Crippen molar-refractivity contribution < 1.29 is 18.4 Å². The first-order valence-corrected chi connectivity index (χ1v) is 10.5. The summed E-state index contributed by atoms with van der Waals surface area (Å²) in [6, 6.07) is 10.5. The highest BCUT2D eigenvalue weighted by Crippen LogP contribution is 2.31. The van der Waals surface area contributed by atoms with Crippen molar-refractivity contribution in [3.05, 3.63) is 87.1 Å². The van der Waals surface area contributed by atoms with Gasteiger partial charge in [-0.1, -0.05) is 17.7 Å². The van der Waals surface area contributed by atoms with E-state index in [1.165, 1.54) is 24.3 Å². The standard InChI is InChI=1S/C24H21ClFN3O3/c1-13-6-9-16(25)12-19(13)27-24(31)22-14(2)21-18(4-3-5-20(21)32-22)28-29-23(30)15-7-10-17(26)11-8-15/h6-12H,3-5H2,1-2H3,(H,27,31)(H,29,30)/b28-18+. The Kier molecular flexibility index (Phi) is 6.10. The summed E-state index contributed by atoms with van der Waals surface area (Å²) in [7, 11) is 0. The molecule has 1 heterocycles. The van der Waals surface area contributed by atoms with Gasteiger partial charge in [0.15, 0.2) is 5.76 Å². The minimum atomic E-state index is -0.444. The third kappa shape index (κ3) is 4.43. The van der Waals surface area contributed by atoms with Gasteiger partial charge in [0.1, 0.15) is 11.6 Å². The van der Waals surface area contributed by atoms with Crippen molar-refractivity contribution in [3.8, 4) is 0 Å². The quantitative estimate of drug-likeness (QED) is 0.518. The molecule has 8 heteroatoms. The molecule has 164 valence electrons. The summed E-state index contributed by atoms with van der Waals surface area (Å²) in [6.07, 6.45) is 2.08. The van der Waals surface area contributed by atoms with Gasteiger partial charge in [0.05, 0.1) is 5.71 Å². The number of amides is 2. The number of furan rings is 1. The van der Waals surface area contributed by atoms with Crippen LogP contribution in [0.2, 0.25) is 5.02 Å². The average Bonchev–Trinajstić information content (AvgIpc) is 3.12. The average molecular weight is 454 g/mol. The Hall–Kier alpha value is -3.45. The first-order chi connectivity index (χ1) is 15.3. The van der Waals surface area contributed by atoms with Crippen molar-refractivity contribution in [1.29, 1.82) is 0 Å². The van der Waals surface area contributed by atoms with E-state index >= 15 is 0 Å². The SMILES string of the molecule is Cc1ccc(Cl)cc1NC(=O)c1oc2c(c1C)/C(=N/NC(=O)c1ccc(F)cc1)CCC2. The first-order valence-electron chi connectivity index (χ1n) is 10.2. The number of hydrogen-bond donors (Lipinski definition) is 2. The van der Waals surface area contributed by atoms with Crippen molar-refractivity contribution in [2.45, 2.75) is 33.1 Å². The maximum atomic E-state index is 13.1. The Morgan fingerprint density at radius 2 is 1.81 bits per heavy atom. The number of rotatable bonds is 4. The van der Waals surface area contributed by atoms with Gasteiger partial charge in [-0.3, -0.25) is 9.59 Å². The second kappa shape index (κ2) is 8.96. The van der Waals surface area contributed by atoms with Crippen molar-refractivity contribution in [2.75, 3.05) is 5.32 Å². The Balaban J connectivity index is 1.57. The summed E-state index contributed by atoms with van der Waals surface area (Å²) in [5, 5.41) is 7.65. The summed E-state index contributed by atoms with van der Waals surface area (Å²) >= 11 is 6.05. The number of nitrogens with zero attached hydrogens (tertiary/aromatic N) is 1. The maximum absolute atomic E-state index is 13.1. The molecule has 0 spiro atoms. The Labute approximate surface area is 189 Å². The van der Waals surface area contributed by atoms with E-state index in [0.717, 1.165) is 17.5 Å². The van der Waals surface area contributed by atoms with Gasteiger partial charge < -0.3 is 9.73 Å². The lowest BCUT2D eigenvalue weighted by Gasteiger charge is -2.13. The summed E-state index contributed by atoms with van der Waals surface area (Å²) in [6.45, 7) is 3.67. The van der Waals surface area contributed by atoms with Crippen LogP contribution in [0.3, 0.4) is 0 Å². The van der Waals surface area contributed by atoms with E-state index < -0.39 is 11.7 Å². The fourth-order valence-electron chi connectivity index (χ4n) is 3.69. The van der Waals surface area contributed by atoms with Crippen LogP contribution in [0.5, 0.6) is 0 Å². The van der Waals surface area contributed by atoms with Crippen molar-refractivity contribution >= 4 is 34.8 Å². The molecule has 1 aliphatic rings. The van der Waals surface area contributed by atoms with E-state index in [0.29, 0.717) is 46.2 Å². The minimum absolute atomic E-state index is 0.203. The number of hydrogen-bond acceptors (Lipinski definition) is 4. The zero-order chi connectivity index (χ0) is 22.8. The number of nitrogens with one attached hydrogen (secondary N) is 2. The summed E-state index contributed by atoms with van der Waals surface area (Å²) in [5.41, 5.74) is 6.34. The van der Waals surface area contributed by atoms with E-state index in [9.17, 15) is 14.0 Å². The van der Waals surface area contributed by atoms with Crippen molar-refractivity contribution in [2.24, 2.45) is 5.10 Å². The molecule has 32 heavy (non-hydrogen) atoms. The zero-order valence-electron chi connectivity index (χ0n) is 17.6. The number of carbonyl (C=O) groups excluding carboxylic acids is 2. The molecule has 0 aliphatic heterocycles. The number of aryl methyl sites for hydroxylation is 2. The molecule has 0 radical (unpaired) electrons. The molecule has 0 saturated heterocycles. The highest BCUT2D eigenvalue weighted by molar-refractivity contribution is 6.31. The molecule has 6 nitrogen and oxygen atoms in total. The molecule has 2 N–H and O–H groups in total. The molecule has 0 saturated carbocycles. The van der Waals surface area contributed by atoms with Crippen LogP contribution in [-0.4, -0.2) is 17.5 Å². The van der Waals surface area contributed by atoms with E-state index in [2.05, 4.69) is 15.8 Å². The Bertz CT molecular complexity index is 1230. The van der Waals surface area contributed by atoms with Gasteiger partial charge in [-0.15, -0.1) is 0 Å². The molecule has 4 rings (SSSR count). The number of anilines is 1. The third-order valence-corrected chi connectivity index (χ3v) is 5.61. The number of halogens is 2. The second-order valence-electron chi connectivity index (χ2n) is 7.63. The molecule has 0 bridgehead atoms. The van der Waals surface area contributed by atoms with Crippen LogP contribution in [0.4, 0.5) is 10.1 Å². The lowest BCUT2D eigenvalue weighted by Crippen LogP contribution is -2.22. The van der Waals surface area contributed by atoms with E-state index in [-0.39, 0.29) is 11.7 Å². The highest BCUT2D eigenvalue weighted by Gasteiger charge is 2.28. The second-order valence-corrected chi connectivity index (χ2v) is 8.06. The molecule has 0 unspecified atom stereocenters. The summed E-state index contributed by atoms with van der Waals surface area (Å²) < 4.78 is 19.0. The molecule has 0 atom stereocenters. The van der Waals surface area contributed by atoms with Gasteiger partial charge in [-0.2, -0.15) is 5.10 Å². The minimum Gasteiger partial charge on any atom is -0.455 e. The fraction of sp³-hybridized carbons (Fsp3) is 0.208. The maximum Gasteiger partial charge on any atom is 0.291 e. The predicted octanol–water partition coefficient (Wildman–Crippen LogP) is 5.41. The predicted molar refractivity (Wildman–Crippen MR) is 121 cm³/mol. The first kappa shape index (κ1) is 21.8. The molecule has 2 amide bonds. The van der Waals surface area contributed by atoms with Crippen LogP contribution >= 0.6 is 11.6 Å². The molecule has 2 aromatic carbocycles. The van der Waals surface area contributed by atoms with Crippen LogP contribution in [0.15, 0.2) is 52.0 Å². The summed E-state index contributed by atoms with van der Waals surface area (Å²) in [4.78, 5) is 25.2. The highest BCUT2D eigenvalue weighted by atomic mass is 35.5. The van der Waals surface area contributed by atoms with E-state index in [1.54, 1.807) is 19.1 Å². The fourth-order valence-corrected chi connectivity index (χ4v) is 3.86. The molecule has 1 aromatic heterocycles. The van der Waals surface area contributed by atoms with Gasteiger partial charge in [-0.05, 0) is 68.7 Å². The number of benzene rings is 2.